The number of aromatic nitrogens is 4. The highest BCUT2D eigenvalue weighted by atomic mass is 16.5. The molecule has 0 radical (unpaired) electrons. The summed E-state index contributed by atoms with van der Waals surface area (Å²) >= 11 is 0. The van der Waals surface area contributed by atoms with Crippen LogP contribution in [0.25, 0.3) is 5.65 Å². The average molecular weight is 502 g/mol. The van der Waals surface area contributed by atoms with Gasteiger partial charge in [-0.15, -0.1) is 10.2 Å². The van der Waals surface area contributed by atoms with Crippen LogP contribution in [0.1, 0.15) is 71.8 Å². The van der Waals surface area contributed by atoms with Crippen molar-refractivity contribution in [2.24, 2.45) is 0 Å². The third kappa shape index (κ3) is 6.84. The van der Waals surface area contributed by atoms with Gasteiger partial charge < -0.3 is 19.3 Å². The van der Waals surface area contributed by atoms with E-state index in [1.807, 2.05) is 60.6 Å². The van der Waals surface area contributed by atoms with Gasteiger partial charge in [0.25, 0.3) is 0 Å². The molecule has 3 rings (SSSR count). The van der Waals surface area contributed by atoms with Gasteiger partial charge in [-0.2, -0.15) is 4.52 Å². The molecule has 198 valence electrons. The van der Waals surface area contributed by atoms with Crippen LogP contribution in [0.15, 0.2) is 24.3 Å². The van der Waals surface area contributed by atoms with E-state index in [0.29, 0.717) is 28.6 Å². The first kappa shape index (κ1) is 28.8. The molecule has 36 heavy (non-hydrogen) atoms. The number of ether oxygens (including phenoxy) is 3. The van der Waals surface area contributed by atoms with Crippen molar-refractivity contribution in [3.63, 3.8) is 0 Å². The Morgan fingerprint density at radius 3 is 2.31 bits per heavy atom. The summed E-state index contributed by atoms with van der Waals surface area (Å²) in [6.45, 7) is 13.5. The van der Waals surface area contributed by atoms with Crippen LogP contribution in [-0.2, 0) is 12.0 Å². The number of fused-ring (bicyclic) bond motifs is 1. The summed E-state index contributed by atoms with van der Waals surface area (Å²) in [7, 11) is 0. The minimum absolute atomic E-state index is 0. The Bertz CT molecular complexity index is 1250. The quantitative estimate of drug-likeness (QED) is 0.405. The Labute approximate surface area is 212 Å². The van der Waals surface area contributed by atoms with Crippen LogP contribution >= 0.6 is 0 Å². The number of aliphatic hydroxyl groups is 1. The van der Waals surface area contributed by atoms with Crippen LogP contribution in [0.4, 0.5) is 0 Å². The number of nitrogens with one attached hydrogen (secondary N) is 1. The lowest BCUT2D eigenvalue weighted by atomic mass is 9.85. The normalized spacial score (nSPS) is 11.6. The van der Waals surface area contributed by atoms with Gasteiger partial charge in [0, 0.05) is 11.6 Å². The lowest BCUT2D eigenvalue weighted by Crippen LogP contribution is -2.26. The topological polar surface area (TPSA) is 124 Å². The lowest BCUT2D eigenvalue weighted by molar-refractivity contribution is 0.0964. The molecule has 10 nitrogen and oxygen atoms in total. The van der Waals surface area contributed by atoms with Gasteiger partial charge in [0.2, 0.25) is 17.1 Å². The SMILES string of the molecule is C.CC(C)Oc1cc(OC(C)C)c2nn(CC(=O)c3cc(OCCO)cc(C(C)(C)C)c3)c(=N)n2n1. The van der Waals surface area contributed by atoms with Crippen molar-refractivity contribution in [2.75, 3.05) is 13.2 Å². The average Bonchev–Trinajstić information content (AvgIpc) is 3.06. The van der Waals surface area contributed by atoms with Gasteiger partial charge in [-0.05, 0) is 56.9 Å². The maximum absolute atomic E-state index is 13.3. The standard InChI is InChI=1S/C25H35N5O5.CH4/c1-15(2)34-21-13-22(35-16(3)4)27-30-23(21)28-29(24(30)26)14-20(32)17-10-18(25(5,6)7)12-19(11-17)33-9-8-31;/h10-13,15-16,26,31H,8-9,14H2,1-7H3;1H4. The summed E-state index contributed by atoms with van der Waals surface area (Å²) in [5, 5.41) is 26.5. The number of carbonyl (C=O) groups excluding carboxylic acids is 1. The minimum Gasteiger partial charge on any atom is -0.491 e. The fraction of sp³-hybridized carbons (Fsp3) is 0.538. The second kappa shape index (κ2) is 11.6. The Balaban J connectivity index is 0.00000456. The van der Waals surface area contributed by atoms with Gasteiger partial charge in [0.1, 0.15) is 18.9 Å². The summed E-state index contributed by atoms with van der Waals surface area (Å²) in [5.41, 5.74) is 1.38. The predicted molar refractivity (Wildman–Crippen MR) is 137 cm³/mol. The molecule has 0 amide bonds. The Hall–Kier alpha value is -3.40. The summed E-state index contributed by atoms with van der Waals surface area (Å²) in [6, 6.07) is 6.99. The zero-order valence-corrected chi connectivity index (χ0v) is 21.5. The van der Waals surface area contributed by atoms with Crippen LogP contribution in [0.2, 0.25) is 0 Å². The molecule has 2 N–H and O–H groups in total. The maximum Gasteiger partial charge on any atom is 0.242 e. The number of hydrogen-bond acceptors (Lipinski definition) is 8. The summed E-state index contributed by atoms with van der Waals surface area (Å²) < 4.78 is 19.8. The van der Waals surface area contributed by atoms with Gasteiger partial charge in [0.05, 0.1) is 18.8 Å². The molecular weight excluding hydrogens is 462 g/mol. The molecule has 2 heterocycles. The smallest absolute Gasteiger partial charge is 0.242 e. The van der Waals surface area contributed by atoms with Crippen molar-refractivity contribution in [3.05, 3.63) is 41.0 Å². The molecule has 0 atom stereocenters. The van der Waals surface area contributed by atoms with Crippen LogP contribution in [0.3, 0.4) is 0 Å². The summed E-state index contributed by atoms with van der Waals surface area (Å²) in [5.74, 6) is 0.985. The lowest BCUT2D eigenvalue weighted by Gasteiger charge is -2.21. The second-order valence-electron chi connectivity index (χ2n) is 9.89. The van der Waals surface area contributed by atoms with Gasteiger partial charge in [-0.3, -0.25) is 10.2 Å². The number of benzene rings is 1. The first-order valence-electron chi connectivity index (χ1n) is 11.7. The molecule has 0 aliphatic heterocycles. The molecule has 0 aliphatic carbocycles. The predicted octanol–water partition coefficient (Wildman–Crippen LogP) is 3.77. The van der Waals surface area contributed by atoms with E-state index in [1.54, 1.807) is 12.1 Å². The Morgan fingerprint density at radius 1 is 1.06 bits per heavy atom. The van der Waals surface area contributed by atoms with E-state index in [9.17, 15) is 4.79 Å². The van der Waals surface area contributed by atoms with E-state index in [0.717, 1.165) is 5.56 Å². The Kier molecular flexibility index (Phi) is 9.26. The molecule has 0 aliphatic rings. The van der Waals surface area contributed by atoms with E-state index in [4.69, 9.17) is 24.7 Å². The highest BCUT2D eigenvalue weighted by molar-refractivity contribution is 5.96. The molecule has 0 fully saturated rings. The van der Waals surface area contributed by atoms with Crippen LogP contribution < -0.4 is 19.8 Å². The van der Waals surface area contributed by atoms with Crippen molar-refractivity contribution in [1.82, 2.24) is 19.4 Å². The molecule has 10 heteroatoms. The molecule has 1 aromatic carbocycles. The molecule has 3 aromatic rings. The van der Waals surface area contributed by atoms with Crippen molar-refractivity contribution in [1.29, 1.82) is 5.41 Å². The van der Waals surface area contributed by atoms with E-state index >= 15 is 0 Å². The van der Waals surface area contributed by atoms with Crippen LogP contribution in [0, 0.1) is 5.41 Å². The van der Waals surface area contributed by atoms with Gasteiger partial charge in [-0.1, -0.05) is 28.2 Å². The summed E-state index contributed by atoms with van der Waals surface area (Å²) in [4.78, 5) is 13.3. The van der Waals surface area contributed by atoms with Crippen LogP contribution in [-0.4, -0.2) is 55.7 Å². The van der Waals surface area contributed by atoms with Gasteiger partial charge >= 0.3 is 0 Å². The second-order valence-corrected chi connectivity index (χ2v) is 9.89. The van der Waals surface area contributed by atoms with E-state index < -0.39 is 0 Å². The Morgan fingerprint density at radius 2 is 1.72 bits per heavy atom. The molecule has 2 aromatic heterocycles. The first-order valence-corrected chi connectivity index (χ1v) is 11.7. The van der Waals surface area contributed by atoms with E-state index in [-0.39, 0.29) is 56.2 Å². The van der Waals surface area contributed by atoms with Crippen molar-refractivity contribution in [3.8, 4) is 17.4 Å². The molecule has 0 bridgehead atoms. The van der Waals surface area contributed by atoms with Crippen molar-refractivity contribution < 1.29 is 24.1 Å². The number of hydrogen-bond donors (Lipinski definition) is 2. The van der Waals surface area contributed by atoms with Crippen LogP contribution in [0.5, 0.6) is 17.4 Å². The first-order chi connectivity index (χ1) is 16.4. The molecule has 0 spiro atoms. The summed E-state index contributed by atoms with van der Waals surface area (Å²) in [6.07, 6.45) is -0.248. The molecule has 0 saturated heterocycles. The molecule has 0 saturated carbocycles. The third-order valence-corrected chi connectivity index (χ3v) is 5.00. The zero-order valence-electron chi connectivity index (χ0n) is 21.5. The minimum atomic E-state index is -0.239. The third-order valence-electron chi connectivity index (χ3n) is 5.00. The highest BCUT2D eigenvalue weighted by Gasteiger charge is 2.21. The molecular formula is C26H39N5O5. The van der Waals surface area contributed by atoms with Crippen molar-refractivity contribution >= 4 is 11.4 Å². The highest BCUT2D eigenvalue weighted by Crippen LogP contribution is 2.28. The zero-order chi connectivity index (χ0) is 25.9. The van der Waals surface area contributed by atoms with E-state index in [1.165, 1.54) is 9.20 Å². The van der Waals surface area contributed by atoms with E-state index in [2.05, 4.69) is 10.2 Å². The molecule has 0 unspecified atom stereocenters. The number of aliphatic hydroxyl groups excluding tert-OH is 1. The fourth-order valence-electron chi connectivity index (χ4n) is 3.38. The fourth-order valence-corrected chi connectivity index (χ4v) is 3.38. The number of ketones is 1. The maximum atomic E-state index is 13.3. The monoisotopic (exact) mass is 501 g/mol. The number of Topliss-reactive ketones (excluding diaryl/α,β-unsaturated/α-hetero) is 1. The number of carbonyl (C=O) groups is 1. The van der Waals surface area contributed by atoms with Gasteiger partial charge in [-0.25, -0.2) is 4.68 Å². The van der Waals surface area contributed by atoms with Gasteiger partial charge in [0.15, 0.2) is 11.5 Å². The number of rotatable bonds is 10. The largest absolute Gasteiger partial charge is 0.491 e. The van der Waals surface area contributed by atoms with Crippen molar-refractivity contribution in [2.45, 2.75) is 80.1 Å². The number of nitrogens with zero attached hydrogens (tertiary/aromatic N) is 4.